The number of carbonyl (C=O) groups is 1. The van der Waals surface area contributed by atoms with Crippen LogP contribution in [-0.2, 0) is 0 Å². The zero-order valence-electron chi connectivity index (χ0n) is 19.1. The normalized spacial score (nSPS) is 21.8. The third-order valence-electron chi connectivity index (χ3n) is 7.25. The van der Waals surface area contributed by atoms with Crippen LogP contribution >= 0.6 is 0 Å². The second-order valence-electron chi connectivity index (χ2n) is 9.38. The maximum atomic E-state index is 12.6. The Hall–Kier alpha value is -2.13. The molecule has 0 spiro atoms. The summed E-state index contributed by atoms with van der Waals surface area (Å²) < 4.78 is 0. The van der Waals surface area contributed by atoms with Gasteiger partial charge in [-0.3, -0.25) is 4.79 Å². The van der Waals surface area contributed by atoms with Crippen LogP contribution in [0.2, 0.25) is 0 Å². The van der Waals surface area contributed by atoms with Crippen molar-refractivity contribution in [3.8, 4) is 11.1 Å². The first-order valence-corrected chi connectivity index (χ1v) is 12.4. The van der Waals surface area contributed by atoms with Gasteiger partial charge in [0.15, 0.2) is 0 Å². The minimum Gasteiger partial charge on any atom is -0.336 e. The molecule has 3 nitrogen and oxygen atoms in total. The van der Waals surface area contributed by atoms with Gasteiger partial charge in [-0.1, -0.05) is 69.0 Å². The quantitative estimate of drug-likeness (QED) is 0.489. The van der Waals surface area contributed by atoms with E-state index >= 15 is 0 Å². The van der Waals surface area contributed by atoms with Crippen molar-refractivity contribution < 1.29 is 4.79 Å². The first-order valence-electron chi connectivity index (χ1n) is 12.4. The zero-order chi connectivity index (χ0) is 21.5. The lowest BCUT2D eigenvalue weighted by Crippen LogP contribution is -2.43. The van der Waals surface area contributed by atoms with E-state index < -0.39 is 0 Å². The number of benzene rings is 2. The number of amides is 1. The second kappa shape index (κ2) is 10.9. The molecule has 0 unspecified atom stereocenters. The van der Waals surface area contributed by atoms with Crippen molar-refractivity contribution in [3.63, 3.8) is 0 Å². The number of carbonyl (C=O) groups excluding carboxylic acids is 1. The molecule has 3 heteroatoms. The van der Waals surface area contributed by atoms with Crippen molar-refractivity contribution in [2.24, 2.45) is 5.92 Å². The van der Waals surface area contributed by atoms with Crippen molar-refractivity contribution in [2.75, 3.05) is 26.2 Å². The molecule has 4 rings (SSSR count). The van der Waals surface area contributed by atoms with Crippen LogP contribution in [-0.4, -0.2) is 37.0 Å². The average Bonchev–Trinajstić information content (AvgIpc) is 2.85. The lowest BCUT2D eigenvalue weighted by Gasteiger charge is -2.29. The number of hydrogen-bond donors (Lipinski definition) is 0. The molecular formula is C28H37N2O. The molecule has 165 valence electrons. The summed E-state index contributed by atoms with van der Waals surface area (Å²) in [4.78, 5) is 14.6. The first-order chi connectivity index (χ1) is 15.2. The van der Waals surface area contributed by atoms with Crippen LogP contribution in [0.1, 0.15) is 80.1 Å². The molecule has 1 heterocycles. The Morgan fingerprint density at radius 1 is 0.871 bits per heavy atom. The molecule has 2 fully saturated rings. The Bertz CT molecular complexity index is 813. The summed E-state index contributed by atoms with van der Waals surface area (Å²) in [7, 11) is 0. The third kappa shape index (κ3) is 5.77. The van der Waals surface area contributed by atoms with Gasteiger partial charge in [0.2, 0.25) is 0 Å². The summed E-state index contributed by atoms with van der Waals surface area (Å²) in [6.07, 6.45) is 11.1. The van der Waals surface area contributed by atoms with Gasteiger partial charge in [0.05, 0.1) is 0 Å². The fourth-order valence-electron chi connectivity index (χ4n) is 5.21. The fraction of sp³-hybridized carbons (Fsp3) is 0.536. The molecule has 2 aromatic rings. The maximum Gasteiger partial charge on any atom is 0.253 e. The van der Waals surface area contributed by atoms with E-state index in [-0.39, 0.29) is 5.91 Å². The molecule has 1 saturated heterocycles. The molecule has 1 radical (unpaired) electrons. The van der Waals surface area contributed by atoms with Crippen LogP contribution < -0.4 is 5.32 Å². The highest BCUT2D eigenvalue weighted by atomic mass is 16.2. The molecule has 2 aliphatic rings. The zero-order valence-corrected chi connectivity index (χ0v) is 19.1. The molecule has 1 aliphatic heterocycles. The van der Waals surface area contributed by atoms with Crippen molar-refractivity contribution >= 4 is 5.91 Å². The Balaban J connectivity index is 1.32. The van der Waals surface area contributed by atoms with E-state index in [4.69, 9.17) is 0 Å². The summed E-state index contributed by atoms with van der Waals surface area (Å²) in [5.41, 5.74) is 4.68. The molecule has 0 bridgehead atoms. The van der Waals surface area contributed by atoms with Crippen LogP contribution in [0, 0.1) is 5.92 Å². The lowest BCUT2D eigenvalue weighted by atomic mass is 9.77. The van der Waals surface area contributed by atoms with Crippen molar-refractivity contribution in [1.82, 2.24) is 10.2 Å². The largest absolute Gasteiger partial charge is 0.336 e. The van der Waals surface area contributed by atoms with Crippen LogP contribution in [0.15, 0.2) is 48.5 Å². The van der Waals surface area contributed by atoms with Crippen LogP contribution in [0.5, 0.6) is 0 Å². The summed E-state index contributed by atoms with van der Waals surface area (Å²) in [5, 5.41) is 4.32. The topological polar surface area (TPSA) is 34.4 Å². The van der Waals surface area contributed by atoms with Gasteiger partial charge >= 0.3 is 0 Å². The third-order valence-corrected chi connectivity index (χ3v) is 7.25. The standard InChI is InChI=1S/C28H37N2O/c1-2-3-4-5-22-6-8-23(9-7-22)24-10-12-25(13-11-24)26-14-16-27(17-15-26)28(31)30-20-18-29-19-21-30/h10-17,22-23H,2-9,18-21H2,1H3. The molecule has 2 aromatic carbocycles. The van der Waals surface area contributed by atoms with Crippen LogP contribution in [0.3, 0.4) is 0 Å². The highest BCUT2D eigenvalue weighted by Gasteiger charge is 2.22. The Labute approximate surface area is 188 Å². The lowest BCUT2D eigenvalue weighted by molar-refractivity contribution is 0.0734. The second-order valence-corrected chi connectivity index (χ2v) is 9.38. The fourth-order valence-corrected chi connectivity index (χ4v) is 5.21. The van der Waals surface area contributed by atoms with E-state index in [1.54, 1.807) is 0 Å². The maximum absolute atomic E-state index is 12.6. The monoisotopic (exact) mass is 417 g/mol. The van der Waals surface area contributed by atoms with Gasteiger partial charge in [-0.2, -0.15) is 0 Å². The Kier molecular flexibility index (Phi) is 7.80. The number of hydrogen-bond acceptors (Lipinski definition) is 1. The molecule has 31 heavy (non-hydrogen) atoms. The van der Waals surface area contributed by atoms with E-state index in [0.29, 0.717) is 0 Å². The van der Waals surface area contributed by atoms with Crippen LogP contribution in [0.25, 0.3) is 11.1 Å². The number of unbranched alkanes of at least 4 members (excludes halogenated alkanes) is 2. The summed E-state index contributed by atoms with van der Waals surface area (Å²) in [6.45, 7) is 5.29. The predicted molar refractivity (Wildman–Crippen MR) is 128 cm³/mol. The molecule has 0 atom stereocenters. The minimum atomic E-state index is 0.127. The summed E-state index contributed by atoms with van der Waals surface area (Å²) in [6, 6.07) is 17.3. The van der Waals surface area contributed by atoms with Gasteiger partial charge in [0.25, 0.3) is 5.91 Å². The highest BCUT2D eigenvalue weighted by Crippen LogP contribution is 2.38. The van der Waals surface area contributed by atoms with Crippen molar-refractivity contribution in [3.05, 3.63) is 59.7 Å². The summed E-state index contributed by atoms with van der Waals surface area (Å²) >= 11 is 0. The van der Waals surface area contributed by atoms with E-state index in [0.717, 1.165) is 43.6 Å². The van der Waals surface area contributed by atoms with Gasteiger partial charge in [-0.15, -0.1) is 0 Å². The Morgan fingerprint density at radius 2 is 1.48 bits per heavy atom. The SMILES string of the molecule is CCCCCC1CCC(c2ccc(-c3ccc(C(=O)N4CC[N]CC4)cc3)cc2)CC1. The molecule has 0 N–H and O–H groups in total. The molecule has 1 aliphatic carbocycles. The van der Waals surface area contributed by atoms with Crippen LogP contribution in [0.4, 0.5) is 0 Å². The number of rotatable bonds is 7. The van der Waals surface area contributed by atoms with Gasteiger partial charge in [0, 0.05) is 31.7 Å². The van der Waals surface area contributed by atoms with Gasteiger partial charge in [-0.05, 0) is 66.3 Å². The van der Waals surface area contributed by atoms with Gasteiger partial charge < -0.3 is 4.90 Å². The smallest absolute Gasteiger partial charge is 0.253 e. The Morgan fingerprint density at radius 3 is 2.10 bits per heavy atom. The van der Waals surface area contributed by atoms with E-state index in [1.165, 1.54) is 68.1 Å². The highest BCUT2D eigenvalue weighted by molar-refractivity contribution is 5.94. The molecule has 1 amide bonds. The first kappa shape index (κ1) is 22.1. The number of nitrogens with zero attached hydrogens (tertiary/aromatic N) is 2. The summed E-state index contributed by atoms with van der Waals surface area (Å²) in [5.74, 6) is 1.82. The predicted octanol–water partition coefficient (Wildman–Crippen LogP) is 6.27. The van der Waals surface area contributed by atoms with Crippen molar-refractivity contribution in [2.45, 2.75) is 64.2 Å². The molecule has 0 aromatic heterocycles. The molecular weight excluding hydrogens is 380 g/mol. The molecule has 1 saturated carbocycles. The van der Waals surface area contributed by atoms with Crippen molar-refractivity contribution in [1.29, 1.82) is 0 Å². The van der Waals surface area contributed by atoms with E-state index in [2.05, 4.69) is 48.6 Å². The minimum absolute atomic E-state index is 0.127. The average molecular weight is 418 g/mol. The van der Waals surface area contributed by atoms with Gasteiger partial charge in [-0.25, -0.2) is 5.32 Å². The van der Waals surface area contributed by atoms with E-state index in [1.807, 2.05) is 17.0 Å². The van der Waals surface area contributed by atoms with E-state index in [9.17, 15) is 4.79 Å². The number of piperazine rings is 1. The van der Waals surface area contributed by atoms with Gasteiger partial charge in [0.1, 0.15) is 0 Å².